The van der Waals surface area contributed by atoms with Gasteiger partial charge in [0, 0.05) is 43.0 Å². The van der Waals surface area contributed by atoms with Crippen molar-refractivity contribution in [3.05, 3.63) is 66.5 Å². The lowest BCUT2D eigenvalue weighted by molar-refractivity contribution is 0.101. The van der Waals surface area contributed by atoms with Crippen molar-refractivity contribution >= 4 is 17.3 Å². The zero-order valence-corrected chi connectivity index (χ0v) is 17.4. The molecule has 0 amide bonds. The van der Waals surface area contributed by atoms with Crippen LogP contribution in [-0.2, 0) is 0 Å². The molecule has 154 valence electrons. The van der Waals surface area contributed by atoms with Crippen LogP contribution in [0.1, 0.15) is 24.2 Å². The Bertz CT molecular complexity index is 994. The van der Waals surface area contributed by atoms with Gasteiger partial charge in [-0.25, -0.2) is 4.98 Å². The Hall–Kier alpha value is -3.41. The first kappa shape index (κ1) is 19.9. The van der Waals surface area contributed by atoms with Crippen molar-refractivity contribution in [3.63, 3.8) is 0 Å². The van der Waals surface area contributed by atoms with E-state index in [9.17, 15) is 4.79 Å². The Morgan fingerprint density at radius 3 is 2.23 bits per heavy atom. The third-order valence-electron chi connectivity index (χ3n) is 5.33. The fraction of sp³-hybridized carbons (Fsp3) is 0.292. The lowest BCUT2D eigenvalue weighted by Gasteiger charge is -2.36. The van der Waals surface area contributed by atoms with Gasteiger partial charge in [0.15, 0.2) is 5.78 Å². The van der Waals surface area contributed by atoms with Crippen molar-refractivity contribution in [2.45, 2.75) is 13.8 Å². The zero-order chi connectivity index (χ0) is 20.9. The molecule has 4 rings (SSSR count). The molecule has 1 fully saturated rings. The molecular formula is C24H26N4O2. The molecule has 1 aliphatic heterocycles. The predicted molar refractivity (Wildman–Crippen MR) is 120 cm³/mol. The smallest absolute Gasteiger partial charge is 0.159 e. The molecule has 0 unspecified atom stereocenters. The fourth-order valence-electron chi connectivity index (χ4n) is 3.64. The van der Waals surface area contributed by atoms with E-state index in [1.165, 1.54) is 0 Å². The number of carbonyl (C=O) groups excluding carboxylic acids is 1. The van der Waals surface area contributed by atoms with E-state index in [1.54, 1.807) is 13.1 Å². The summed E-state index contributed by atoms with van der Waals surface area (Å²) < 4.78 is 5.51. The van der Waals surface area contributed by atoms with Gasteiger partial charge in [0.05, 0.1) is 24.7 Å². The summed E-state index contributed by atoms with van der Waals surface area (Å²) in [5.41, 5.74) is 3.78. The van der Waals surface area contributed by atoms with E-state index in [1.807, 2.05) is 61.7 Å². The Labute approximate surface area is 177 Å². The second-order valence-corrected chi connectivity index (χ2v) is 7.30. The van der Waals surface area contributed by atoms with E-state index >= 15 is 0 Å². The molecule has 2 heterocycles. The molecule has 0 bridgehead atoms. The van der Waals surface area contributed by atoms with E-state index in [-0.39, 0.29) is 5.78 Å². The molecule has 0 atom stereocenters. The van der Waals surface area contributed by atoms with E-state index in [0.29, 0.717) is 6.61 Å². The number of piperazine rings is 1. The fourth-order valence-corrected chi connectivity index (χ4v) is 3.64. The van der Waals surface area contributed by atoms with E-state index in [0.717, 1.165) is 60.3 Å². The monoisotopic (exact) mass is 402 g/mol. The summed E-state index contributed by atoms with van der Waals surface area (Å²) in [5.74, 6) is 1.85. The first-order valence-corrected chi connectivity index (χ1v) is 10.3. The minimum absolute atomic E-state index is 0.0948. The van der Waals surface area contributed by atoms with E-state index in [4.69, 9.17) is 9.72 Å². The van der Waals surface area contributed by atoms with Crippen LogP contribution in [0.25, 0.3) is 11.3 Å². The first-order chi connectivity index (χ1) is 14.6. The zero-order valence-electron chi connectivity index (χ0n) is 17.4. The molecule has 6 heteroatoms. The van der Waals surface area contributed by atoms with Crippen molar-refractivity contribution in [3.8, 4) is 17.0 Å². The third kappa shape index (κ3) is 4.43. The average molecular weight is 402 g/mol. The molecule has 30 heavy (non-hydrogen) atoms. The Morgan fingerprint density at radius 2 is 1.60 bits per heavy atom. The number of nitrogens with zero attached hydrogens (tertiary/aromatic N) is 4. The normalized spacial score (nSPS) is 13.9. The number of ketones is 1. The molecule has 0 spiro atoms. The van der Waals surface area contributed by atoms with E-state index < -0.39 is 0 Å². The number of anilines is 2. The minimum atomic E-state index is 0.0948. The SMILES string of the molecule is CCOc1ccc(-c2cncc(N3CCN(c4ccc(C(C)=O)cc4)CC3)n2)cc1. The van der Waals surface area contributed by atoms with Crippen molar-refractivity contribution in [2.75, 3.05) is 42.6 Å². The van der Waals surface area contributed by atoms with Crippen LogP contribution in [0.5, 0.6) is 5.75 Å². The van der Waals surface area contributed by atoms with Crippen molar-refractivity contribution in [1.29, 1.82) is 0 Å². The summed E-state index contributed by atoms with van der Waals surface area (Å²) in [4.78, 5) is 25.3. The third-order valence-corrected chi connectivity index (χ3v) is 5.33. The van der Waals surface area contributed by atoms with Crippen molar-refractivity contribution in [2.24, 2.45) is 0 Å². The molecule has 0 saturated carbocycles. The highest BCUT2D eigenvalue weighted by molar-refractivity contribution is 5.94. The maximum atomic E-state index is 11.5. The summed E-state index contributed by atoms with van der Waals surface area (Å²) in [6.07, 6.45) is 3.63. The number of ether oxygens (including phenoxy) is 1. The Morgan fingerprint density at radius 1 is 0.933 bits per heavy atom. The van der Waals surface area contributed by atoms with Gasteiger partial charge in [0.25, 0.3) is 0 Å². The second-order valence-electron chi connectivity index (χ2n) is 7.30. The van der Waals surface area contributed by atoms with Gasteiger partial charge in [-0.05, 0) is 62.4 Å². The van der Waals surface area contributed by atoms with Gasteiger partial charge < -0.3 is 14.5 Å². The Balaban J connectivity index is 1.42. The van der Waals surface area contributed by atoms with Gasteiger partial charge in [0.1, 0.15) is 11.6 Å². The highest BCUT2D eigenvalue weighted by atomic mass is 16.5. The first-order valence-electron chi connectivity index (χ1n) is 10.3. The van der Waals surface area contributed by atoms with E-state index in [2.05, 4.69) is 14.8 Å². The number of Topliss-reactive ketones (excluding diaryl/α,β-unsaturated/α-hetero) is 1. The molecule has 1 aliphatic rings. The van der Waals surface area contributed by atoms with Crippen LogP contribution in [0, 0.1) is 0 Å². The number of hydrogen-bond acceptors (Lipinski definition) is 6. The molecular weight excluding hydrogens is 376 g/mol. The molecule has 2 aromatic carbocycles. The quantitative estimate of drug-likeness (QED) is 0.579. The molecule has 1 aromatic heterocycles. The standard InChI is InChI=1S/C24H26N4O2/c1-3-30-22-10-6-20(7-11-22)23-16-25-17-24(26-23)28-14-12-27(13-15-28)21-8-4-19(5-9-21)18(2)29/h4-11,16-17H,3,12-15H2,1-2H3. The van der Waals surface area contributed by atoms with Gasteiger partial charge in [-0.1, -0.05) is 0 Å². The second kappa shape index (κ2) is 8.95. The summed E-state index contributed by atoms with van der Waals surface area (Å²) in [7, 11) is 0. The molecule has 3 aromatic rings. The van der Waals surface area contributed by atoms with Crippen LogP contribution in [0.4, 0.5) is 11.5 Å². The average Bonchev–Trinajstić information content (AvgIpc) is 2.80. The van der Waals surface area contributed by atoms with Crippen molar-refractivity contribution < 1.29 is 9.53 Å². The van der Waals surface area contributed by atoms with Crippen LogP contribution in [-0.4, -0.2) is 48.5 Å². The van der Waals surface area contributed by atoms with Crippen LogP contribution in [0.2, 0.25) is 0 Å². The predicted octanol–water partition coefficient (Wildman–Crippen LogP) is 4.07. The van der Waals surface area contributed by atoms with Gasteiger partial charge in [-0.15, -0.1) is 0 Å². The van der Waals surface area contributed by atoms with Crippen LogP contribution >= 0.6 is 0 Å². The molecule has 0 aliphatic carbocycles. The summed E-state index contributed by atoms with van der Waals surface area (Å²) in [6, 6.07) is 15.8. The number of benzene rings is 2. The van der Waals surface area contributed by atoms with Crippen LogP contribution < -0.4 is 14.5 Å². The number of rotatable bonds is 6. The molecule has 6 nitrogen and oxygen atoms in total. The van der Waals surface area contributed by atoms with Gasteiger partial charge in [-0.3, -0.25) is 9.78 Å². The molecule has 1 saturated heterocycles. The highest BCUT2D eigenvalue weighted by Crippen LogP contribution is 2.24. The summed E-state index contributed by atoms with van der Waals surface area (Å²) in [6.45, 7) is 7.76. The minimum Gasteiger partial charge on any atom is -0.494 e. The Kier molecular flexibility index (Phi) is 5.93. The largest absolute Gasteiger partial charge is 0.494 e. The molecule has 0 N–H and O–H groups in total. The van der Waals surface area contributed by atoms with Crippen LogP contribution in [0.15, 0.2) is 60.9 Å². The number of carbonyl (C=O) groups is 1. The highest BCUT2D eigenvalue weighted by Gasteiger charge is 2.19. The van der Waals surface area contributed by atoms with Crippen LogP contribution in [0.3, 0.4) is 0 Å². The van der Waals surface area contributed by atoms with Crippen molar-refractivity contribution in [1.82, 2.24) is 9.97 Å². The van der Waals surface area contributed by atoms with Gasteiger partial charge >= 0.3 is 0 Å². The lowest BCUT2D eigenvalue weighted by atomic mass is 10.1. The summed E-state index contributed by atoms with van der Waals surface area (Å²) >= 11 is 0. The van der Waals surface area contributed by atoms with Gasteiger partial charge in [0.2, 0.25) is 0 Å². The lowest BCUT2D eigenvalue weighted by Crippen LogP contribution is -2.46. The van der Waals surface area contributed by atoms with Gasteiger partial charge in [-0.2, -0.15) is 0 Å². The maximum absolute atomic E-state index is 11.5. The topological polar surface area (TPSA) is 58.6 Å². The molecule has 0 radical (unpaired) electrons. The number of hydrogen-bond donors (Lipinski definition) is 0. The summed E-state index contributed by atoms with van der Waals surface area (Å²) in [5, 5.41) is 0. The maximum Gasteiger partial charge on any atom is 0.159 e. The number of aromatic nitrogens is 2.